The van der Waals surface area contributed by atoms with E-state index in [-0.39, 0.29) is 6.42 Å². The van der Waals surface area contributed by atoms with Crippen LogP contribution in [0.2, 0.25) is 0 Å². The number of hydrogen-bond acceptors (Lipinski definition) is 5. The summed E-state index contributed by atoms with van der Waals surface area (Å²) in [5.74, 6) is 0. The molecule has 0 amide bonds. The second-order valence-corrected chi connectivity index (χ2v) is 5.67. The fraction of sp³-hybridized carbons (Fsp3) is 0.692. The quantitative estimate of drug-likeness (QED) is 0.638. The van der Waals surface area contributed by atoms with Gasteiger partial charge < -0.3 is 14.9 Å². The molecule has 2 heterocycles. The van der Waals surface area contributed by atoms with E-state index in [9.17, 15) is 19.8 Å². The van der Waals surface area contributed by atoms with Crippen LogP contribution in [0, 0.1) is 6.92 Å². The maximum Gasteiger partial charge on any atom is 0.330 e. The molecule has 0 aromatic carbocycles. The fourth-order valence-electron chi connectivity index (χ4n) is 3.25. The summed E-state index contributed by atoms with van der Waals surface area (Å²) in [6, 6.07) is 0. The Morgan fingerprint density at radius 2 is 2.15 bits per heavy atom. The molecule has 1 aliphatic carbocycles. The van der Waals surface area contributed by atoms with Gasteiger partial charge in [0, 0.05) is 18.2 Å². The van der Waals surface area contributed by atoms with E-state index >= 15 is 0 Å². The molecule has 7 nitrogen and oxygen atoms in total. The van der Waals surface area contributed by atoms with E-state index in [1.807, 2.05) is 0 Å². The average Bonchev–Trinajstić information content (AvgIpc) is 2.91. The Balaban J connectivity index is 1.96. The number of rotatable bonds is 1. The van der Waals surface area contributed by atoms with Crippen LogP contribution in [0.5, 0.6) is 0 Å². The molecule has 0 unspecified atom stereocenters. The number of nitrogens with zero attached hydrogens (tertiary/aromatic N) is 1. The number of aromatic amines is 1. The number of aliphatic hydroxyl groups is 2. The number of hydrogen-bond donors (Lipinski definition) is 3. The lowest BCUT2D eigenvalue weighted by atomic mass is 9.93. The van der Waals surface area contributed by atoms with Gasteiger partial charge in [0.1, 0.15) is 11.8 Å². The third-order valence-electron chi connectivity index (χ3n) is 4.41. The number of H-pyrrole nitrogens is 1. The Morgan fingerprint density at radius 3 is 2.80 bits per heavy atom. The lowest BCUT2D eigenvalue weighted by Crippen LogP contribution is -2.46. The summed E-state index contributed by atoms with van der Waals surface area (Å²) < 4.78 is 7.11. The average molecular weight is 282 g/mol. The van der Waals surface area contributed by atoms with E-state index in [2.05, 4.69) is 4.98 Å². The van der Waals surface area contributed by atoms with Gasteiger partial charge in [-0.15, -0.1) is 0 Å². The van der Waals surface area contributed by atoms with Crippen LogP contribution < -0.4 is 11.2 Å². The summed E-state index contributed by atoms with van der Waals surface area (Å²) in [6.45, 7) is 1.60. The lowest BCUT2D eigenvalue weighted by Gasteiger charge is -2.30. The van der Waals surface area contributed by atoms with Crippen molar-refractivity contribution in [3.8, 4) is 0 Å². The van der Waals surface area contributed by atoms with Crippen molar-refractivity contribution >= 4 is 0 Å². The molecule has 110 valence electrons. The summed E-state index contributed by atoms with van der Waals surface area (Å²) >= 11 is 0. The molecule has 20 heavy (non-hydrogen) atoms. The summed E-state index contributed by atoms with van der Waals surface area (Å²) in [6.07, 6.45) is 1.39. The van der Waals surface area contributed by atoms with Gasteiger partial charge >= 0.3 is 5.69 Å². The van der Waals surface area contributed by atoms with Crippen molar-refractivity contribution in [2.45, 2.75) is 56.6 Å². The summed E-state index contributed by atoms with van der Waals surface area (Å²) in [5.41, 5.74) is -1.58. The van der Waals surface area contributed by atoms with E-state index < -0.39 is 35.3 Å². The van der Waals surface area contributed by atoms with Crippen LogP contribution in [-0.2, 0) is 4.74 Å². The van der Waals surface area contributed by atoms with Gasteiger partial charge in [-0.2, -0.15) is 0 Å². The number of aromatic nitrogens is 2. The highest BCUT2D eigenvalue weighted by Crippen LogP contribution is 2.46. The van der Waals surface area contributed by atoms with Crippen LogP contribution >= 0.6 is 0 Å². The SMILES string of the molecule is Cc1cn([C@@H]2C[C@H](O)[C@]3(CCC[C@@H]3O)O2)c(=O)[nH]c1=O. The Hall–Kier alpha value is -1.44. The first-order chi connectivity index (χ1) is 9.44. The van der Waals surface area contributed by atoms with Gasteiger partial charge in [-0.05, 0) is 26.2 Å². The summed E-state index contributed by atoms with van der Waals surface area (Å²) in [5, 5.41) is 20.3. The molecular formula is C13H18N2O5. The zero-order chi connectivity index (χ0) is 14.5. The van der Waals surface area contributed by atoms with Gasteiger partial charge in [0.15, 0.2) is 0 Å². The molecule has 3 rings (SSSR count). The Labute approximate surface area is 114 Å². The lowest BCUT2D eigenvalue weighted by molar-refractivity contribution is -0.149. The molecule has 7 heteroatoms. The number of aryl methyl sites for hydroxylation is 1. The van der Waals surface area contributed by atoms with Gasteiger partial charge in [-0.3, -0.25) is 14.3 Å². The molecule has 3 N–H and O–H groups in total. The van der Waals surface area contributed by atoms with Crippen LogP contribution in [-0.4, -0.2) is 37.6 Å². The molecule has 1 saturated carbocycles. The third-order valence-corrected chi connectivity index (χ3v) is 4.41. The highest BCUT2D eigenvalue weighted by atomic mass is 16.6. The topological polar surface area (TPSA) is 105 Å². The van der Waals surface area contributed by atoms with E-state index in [1.54, 1.807) is 6.92 Å². The zero-order valence-electron chi connectivity index (χ0n) is 11.2. The maximum atomic E-state index is 11.9. The molecule has 1 aromatic rings. The summed E-state index contributed by atoms with van der Waals surface area (Å²) in [4.78, 5) is 25.4. The zero-order valence-corrected chi connectivity index (χ0v) is 11.2. The molecule has 1 aliphatic heterocycles. The molecular weight excluding hydrogens is 264 g/mol. The molecule has 1 aromatic heterocycles. The first kappa shape index (κ1) is 13.5. The van der Waals surface area contributed by atoms with Crippen molar-refractivity contribution in [1.29, 1.82) is 0 Å². The predicted molar refractivity (Wildman–Crippen MR) is 69.4 cm³/mol. The minimum atomic E-state index is -0.978. The van der Waals surface area contributed by atoms with Crippen molar-refractivity contribution < 1.29 is 14.9 Å². The second kappa shape index (κ2) is 4.54. The Bertz CT molecular complexity index is 636. The highest BCUT2D eigenvalue weighted by Gasteiger charge is 2.55. The monoisotopic (exact) mass is 282 g/mol. The van der Waals surface area contributed by atoms with E-state index in [0.29, 0.717) is 18.4 Å². The first-order valence-electron chi connectivity index (χ1n) is 6.80. The van der Waals surface area contributed by atoms with Gasteiger partial charge in [0.25, 0.3) is 5.56 Å². The minimum absolute atomic E-state index is 0.225. The first-order valence-corrected chi connectivity index (χ1v) is 6.80. The molecule has 0 bridgehead atoms. The third kappa shape index (κ3) is 1.85. The van der Waals surface area contributed by atoms with Gasteiger partial charge in [0.05, 0.1) is 12.2 Å². The summed E-state index contributed by atoms with van der Waals surface area (Å²) in [7, 11) is 0. The van der Waals surface area contributed by atoms with Crippen molar-refractivity contribution in [3.05, 3.63) is 32.6 Å². The smallest absolute Gasteiger partial charge is 0.330 e. The van der Waals surface area contributed by atoms with Crippen LogP contribution in [0.4, 0.5) is 0 Å². The van der Waals surface area contributed by atoms with Crippen molar-refractivity contribution in [3.63, 3.8) is 0 Å². The van der Waals surface area contributed by atoms with E-state index in [4.69, 9.17) is 4.74 Å². The normalized spacial score (nSPS) is 36.9. The van der Waals surface area contributed by atoms with Gasteiger partial charge in [-0.25, -0.2) is 4.79 Å². The highest BCUT2D eigenvalue weighted by molar-refractivity contribution is 5.06. The molecule has 1 spiro atoms. The molecule has 4 atom stereocenters. The molecule has 2 fully saturated rings. The molecule has 2 aliphatic rings. The van der Waals surface area contributed by atoms with Crippen molar-refractivity contribution in [2.24, 2.45) is 0 Å². The Morgan fingerprint density at radius 1 is 1.40 bits per heavy atom. The predicted octanol–water partition coefficient (Wildman–Crippen LogP) is -0.592. The molecule has 1 saturated heterocycles. The second-order valence-electron chi connectivity index (χ2n) is 5.67. The molecule has 0 radical (unpaired) electrons. The maximum absolute atomic E-state index is 11.9. The van der Waals surface area contributed by atoms with Crippen LogP contribution in [0.3, 0.4) is 0 Å². The number of ether oxygens (including phenoxy) is 1. The van der Waals surface area contributed by atoms with Crippen LogP contribution in [0.25, 0.3) is 0 Å². The standard InChI is InChI=1S/C13H18N2O5/c1-7-6-15(12(19)14-11(7)18)10-5-9(17)13(20-10)4-2-3-8(13)16/h6,8-10,16-17H,2-5H2,1H3,(H,14,18,19)/t8-,9-,10-,13+/m0/s1. The number of nitrogens with one attached hydrogen (secondary N) is 1. The Kier molecular flexibility index (Phi) is 3.07. The fourth-order valence-corrected chi connectivity index (χ4v) is 3.25. The number of aliphatic hydroxyl groups excluding tert-OH is 2. The van der Waals surface area contributed by atoms with Crippen LogP contribution in [0.1, 0.15) is 37.5 Å². The van der Waals surface area contributed by atoms with E-state index in [1.165, 1.54) is 10.8 Å². The van der Waals surface area contributed by atoms with E-state index in [0.717, 1.165) is 6.42 Å². The van der Waals surface area contributed by atoms with Crippen LogP contribution in [0.15, 0.2) is 15.8 Å². The largest absolute Gasteiger partial charge is 0.390 e. The van der Waals surface area contributed by atoms with Crippen molar-refractivity contribution in [2.75, 3.05) is 0 Å². The minimum Gasteiger partial charge on any atom is -0.390 e. The van der Waals surface area contributed by atoms with Crippen molar-refractivity contribution in [1.82, 2.24) is 9.55 Å². The van der Waals surface area contributed by atoms with Gasteiger partial charge in [0.2, 0.25) is 0 Å². The van der Waals surface area contributed by atoms with Gasteiger partial charge in [-0.1, -0.05) is 0 Å².